The second-order valence-corrected chi connectivity index (χ2v) is 7.30. The molecule has 0 radical (unpaired) electrons. The van der Waals surface area contributed by atoms with Gasteiger partial charge in [0.1, 0.15) is 0 Å². The van der Waals surface area contributed by atoms with Crippen LogP contribution in [0, 0.1) is 0 Å². The molecule has 0 aliphatic carbocycles. The van der Waals surface area contributed by atoms with E-state index in [2.05, 4.69) is 0 Å². The summed E-state index contributed by atoms with van der Waals surface area (Å²) < 4.78 is 4.85. The fourth-order valence-electron chi connectivity index (χ4n) is 1.04. The summed E-state index contributed by atoms with van der Waals surface area (Å²) in [5, 5.41) is 0. The summed E-state index contributed by atoms with van der Waals surface area (Å²) in [6, 6.07) is 9.61. The molecule has 1 rings (SSSR count). The zero-order chi connectivity index (χ0) is 12.0. The second-order valence-electron chi connectivity index (χ2n) is 3.00. The number of benzene rings is 1. The van der Waals surface area contributed by atoms with Gasteiger partial charge in [-0.2, -0.15) is 0 Å². The third-order valence-electron chi connectivity index (χ3n) is 1.77. The molecular weight excluding hydrogens is 314 g/mol. The molecule has 0 heterocycles. The molecule has 0 bridgehead atoms. The molecule has 0 aliphatic rings. The Kier molecular flexibility index (Phi) is 5.63. The fraction of sp³-hybridized carbons (Fsp3) is 0.364. The van der Waals surface area contributed by atoms with Gasteiger partial charge in [-0.05, 0) is 0 Å². The van der Waals surface area contributed by atoms with E-state index >= 15 is 0 Å². The topological polar surface area (TPSA) is 26.3 Å². The van der Waals surface area contributed by atoms with Gasteiger partial charge < -0.3 is 0 Å². The quantitative estimate of drug-likeness (QED) is 0.468. The van der Waals surface area contributed by atoms with Crippen LogP contribution in [0.25, 0.3) is 0 Å². The molecule has 0 saturated heterocycles. The van der Waals surface area contributed by atoms with Gasteiger partial charge in [-0.1, -0.05) is 0 Å². The van der Waals surface area contributed by atoms with Gasteiger partial charge in [0.15, 0.2) is 0 Å². The molecule has 16 heavy (non-hydrogen) atoms. The van der Waals surface area contributed by atoms with Crippen LogP contribution in [0.4, 0.5) is 0 Å². The van der Waals surface area contributed by atoms with E-state index in [0.29, 0.717) is 6.61 Å². The minimum atomic E-state index is -1.11. The maximum absolute atomic E-state index is 11.7. The van der Waals surface area contributed by atoms with Gasteiger partial charge in [0.25, 0.3) is 0 Å². The van der Waals surface area contributed by atoms with Crippen LogP contribution in [-0.4, -0.2) is 37.2 Å². The van der Waals surface area contributed by atoms with Crippen molar-refractivity contribution in [3.8, 4) is 0 Å². The molecule has 5 heteroatoms. The SMILES string of the molecule is CCOC(=O)C(Cl)(CCl)[Se]c1ccccc1. The Morgan fingerprint density at radius 2 is 2.06 bits per heavy atom. The molecule has 0 amide bonds. The molecule has 0 N–H and O–H groups in total. The van der Waals surface area contributed by atoms with Crippen molar-refractivity contribution in [2.45, 2.75) is 10.7 Å². The molecule has 0 aliphatic heterocycles. The summed E-state index contributed by atoms with van der Waals surface area (Å²) in [4.78, 5) is 11.7. The number of esters is 1. The van der Waals surface area contributed by atoms with Crippen molar-refractivity contribution in [1.29, 1.82) is 0 Å². The molecule has 0 aromatic heterocycles. The standard InChI is InChI=1S/C11H12Cl2O2Se/c1-2-15-10(14)11(13,8-12)16-9-6-4-3-5-7-9/h3-7H,2,8H2,1H3. The first-order chi connectivity index (χ1) is 7.62. The molecular formula is C11H12Cl2O2Se. The average Bonchev–Trinajstić information content (AvgIpc) is 2.30. The number of ether oxygens (including phenoxy) is 1. The van der Waals surface area contributed by atoms with Crippen molar-refractivity contribution in [1.82, 2.24) is 0 Å². The minimum absolute atomic E-state index is 0.0578. The van der Waals surface area contributed by atoms with Gasteiger partial charge in [-0.3, -0.25) is 0 Å². The molecule has 1 aromatic rings. The molecule has 1 unspecified atom stereocenters. The summed E-state index contributed by atoms with van der Waals surface area (Å²) in [6.45, 7) is 2.06. The third-order valence-corrected chi connectivity index (χ3v) is 5.76. The Hall–Kier alpha value is -0.211. The van der Waals surface area contributed by atoms with Crippen molar-refractivity contribution in [2.75, 3.05) is 12.5 Å². The summed E-state index contributed by atoms with van der Waals surface area (Å²) >= 11 is 11.7. The van der Waals surface area contributed by atoms with E-state index in [9.17, 15) is 4.79 Å². The van der Waals surface area contributed by atoms with Crippen molar-refractivity contribution in [3.63, 3.8) is 0 Å². The van der Waals surface area contributed by atoms with Gasteiger partial charge in [0.2, 0.25) is 0 Å². The van der Waals surface area contributed by atoms with Crippen molar-refractivity contribution >= 4 is 48.6 Å². The van der Waals surface area contributed by atoms with Gasteiger partial charge in [-0.25, -0.2) is 0 Å². The van der Waals surface area contributed by atoms with Crippen LogP contribution >= 0.6 is 23.2 Å². The first kappa shape index (κ1) is 13.9. The van der Waals surface area contributed by atoms with Gasteiger partial charge in [0, 0.05) is 0 Å². The predicted octanol–water partition coefficient (Wildman–Crippen LogP) is 1.75. The number of halogens is 2. The van der Waals surface area contributed by atoms with E-state index in [-0.39, 0.29) is 20.8 Å². The van der Waals surface area contributed by atoms with Crippen LogP contribution in [0.2, 0.25) is 0 Å². The zero-order valence-corrected chi connectivity index (χ0v) is 12.0. The first-order valence-corrected chi connectivity index (χ1v) is 7.41. The van der Waals surface area contributed by atoms with E-state index in [4.69, 9.17) is 27.9 Å². The van der Waals surface area contributed by atoms with Crippen molar-refractivity contribution in [3.05, 3.63) is 30.3 Å². The van der Waals surface area contributed by atoms with E-state index < -0.39 is 9.74 Å². The average molecular weight is 326 g/mol. The Bertz CT molecular complexity index is 345. The normalized spacial score (nSPS) is 14.2. The van der Waals surface area contributed by atoms with Crippen molar-refractivity contribution in [2.24, 2.45) is 0 Å². The van der Waals surface area contributed by atoms with Gasteiger partial charge >= 0.3 is 112 Å². The predicted molar refractivity (Wildman–Crippen MR) is 67.8 cm³/mol. The van der Waals surface area contributed by atoms with Crippen LogP contribution in [0.5, 0.6) is 0 Å². The summed E-state index contributed by atoms with van der Waals surface area (Å²) in [7, 11) is 0. The Labute approximate surface area is 111 Å². The number of rotatable bonds is 5. The molecule has 1 aromatic carbocycles. The number of hydrogen-bond donors (Lipinski definition) is 0. The molecule has 2 nitrogen and oxygen atoms in total. The third kappa shape index (κ3) is 3.67. The van der Waals surface area contributed by atoms with Crippen LogP contribution in [-0.2, 0) is 9.53 Å². The number of hydrogen-bond acceptors (Lipinski definition) is 2. The van der Waals surface area contributed by atoms with Crippen molar-refractivity contribution < 1.29 is 9.53 Å². The molecule has 1 atom stereocenters. The Morgan fingerprint density at radius 1 is 1.44 bits per heavy atom. The van der Waals surface area contributed by atoms with E-state index in [1.165, 1.54) is 0 Å². The van der Waals surface area contributed by atoms with Crippen LogP contribution < -0.4 is 4.46 Å². The number of carbonyl (C=O) groups excluding carboxylic acids is 1. The van der Waals surface area contributed by atoms with E-state index in [0.717, 1.165) is 4.46 Å². The first-order valence-electron chi connectivity index (χ1n) is 4.78. The van der Waals surface area contributed by atoms with Crippen LogP contribution in [0.15, 0.2) is 30.3 Å². The zero-order valence-electron chi connectivity index (χ0n) is 8.78. The summed E-state index contributed by atoms with van der Waals surface area (Å²) in [5.41, 5.74) is 0. The fourth-order valence-corrected chi connectivity index (χ4v) is 3.76. The second kappa shape index (κ2) is 6.51. The summed E-state index contributed by atoms with van der Waals surface area (Å²) in [6.07, 6.45) is 0. The Balaban J connectivity index is 2.78. The number of alkyl halides is 2. The molecule has 88 valence electrons. The van der Waals surface area contributed by atoms with Gasteiger partial charge in [-0.15, -0.1) is 0 Å². The number of carbonyl (C=O) groups is 1. The van der Waals surface area contributed by atoms with Crippen LogP contribution in [0.1, 0.15) is 6.92 Å². The van der Waals surface area contributed by atoms with E-state index in [1.807, 2.05) is 30.3 Å². The summed E-state index contributed by atoms with van der Waals surface area (Å²) in [5.74, 6) is -0.377. The Morgan fingerprint density at radius 3 is 2.56 bits per heavy atom. The molecule has 0 saturated carbocycles. The van der Waals surface area contributed by atoms with E-state index in [1.54, 1.807) is 6.92 Å². The maximum atomic E-state index is 11.7. The van der Waals surface area contributed by atoms with Crippen LogP contribution in [0.3, 0.4) is 0 Å². The molecule has 0 spiro atoms. The monoisotopic (exact) mass is 326 g/mol. The van der Waals surface area contributed by atoms with Gasteiger partial charge in [0.05, 0.1) is 0 Å². The molecule has 0 fully saturated rings.